The lowest BCUT2D eigenvalue weighted by Gasteiger charge is -2.18. The molecule has 0 spiro atoms. The maximum atomic E-state index is 11.9. The number of halogens is 3. The summed E-state index contributed by atoms with van der Waals surface area (Å²) in [5.74, 6) is -0.131. The van der Waals surface area contributed by atoms with E-state index in [9.17, 15) is 8.42 Å². The highest BCUT2D eigenvalue weighted by Crippen LogP contribution is 2.23. The first-order chi connectivity index (χ1) is 7.27. The van der Waals surface area contributed by atoms with Crippen molar-refractivity contribution in [1.82, 2.24) is 0 Å². The van der Waals surface area contributed by atoms with E-state index >= 15 is 0 Å². The molecule has 0 unspecified atom stereocenters. The summed E-state index contributed by atoms with van der Waals surface area (Å²) < 4.78 is 23.9. The predicted molar refractivity (Wildman–Crippen MR) is 68.5 cm³/mol. The van der Waals surface area contributed by atoms with Crippen LogP contribution in [0.2, 0.25) is 5.02 Å². The molecule has 0 amide bonds. The zero-order chi connectivity index (χ0) is 12.4. The third-order valence-corrected chi connectivity index (χ3v) is 5.35. The van der Waals surface area contributed by atoms with Gasteiger partial charge in [0.15, 0.2) is 9.84 Å². The van der Waals surface area contributed by atoms with Gasteiger partial charge in [0.05, 0.1) is 15.5 Å². The molecule has 0 saturated carbocycles. The molecular formula is C10H11Cl3O2S. The maximum Gasteiger partial charge on any atom is 0.180 e. The zero-order valence-electron chi connectivity index (χ0n) is 8.58. The molecule has 0 saturated heterocycles. The molecule has 2 nitrogen and oxygen atoms in total. The van der Waals surface area contributed by atoms with E-state index in [1.807, 2.05) is 0 Å². The van der Waals surface area contributed by atoms with Crippen LogP contribution in [0.3, 0.4) is 0 Å². The molecular weight excluding hydrogens is 291 g/mol. The summed E-state index contributed by atoms with van der Waals surface area (Å²) in [5, 5.41) is 0.491. The van der Waals surface area contributed by atoms with Gasteiger partial charge in [0.1, 0.15) is 0 Å². The van der Waals surface area contributed by atoms with Crippen molar-refractivity contribution < 1.29 is 8.42 Å². The molecule has 0 heterocycles. The summed E-state index contributed by atoms with van der Waals surface area (Å²) in [6.45, 7) is 1.59. The van der Waals surface area contributed by atoms with Crippen molar-refractivity contribution in [3.8, 4) is 0 Å². The molecule has 0 bridgehead atoms. The van der Waals surface area contributed by atoms with E-state index in [1.165, 1.54) is 24.3 Å². The van der Waals surface area contributed by atoms with Crippen LogP contribution in [0.4, 0.5) is 0 Å². The van der Waals surface area contributed by atoms with Gasteiger partial charge < -0.3 is 0 Å². The van der Waals surface area contributed by atoms with Crippen molar-refractivity contribution in [1.29, 1.82) is 0 Å². The van der Waals surface area contributed by atoms with Gasteiger partial charge in [0.2, 0.25) is 0 Å². The Kier molecular flexibility index (Phi) is 4.52. The molecule has 0 aromatic heterocycles. The SMILES string of the molecule is C[C@](Cl)(CCl)CS(=O)(=O)c1ccc(Cl)cc1. The largest absolute Gasteiger partial charge is 0.224 e. The monoisotopic (exact) mass is 300 g/mol. The van der Waals surface area contributed by atoms with Crippen LogP contribution in [-0.2, 0) is 9.84 Å². The van der Waals surface area contributed by atoms with E-state index in [0.717, 1.165) is 0 Å². The second kappa shape index (κ2) is 5.13. The van der Waals surface area contributed by atoms with Crippen molar-refractivity contribution in [3.63, 3.8) is 0 Å². The normalized spacial score (nSPS) is 15.8. The minimum absolute atomic E-state index is 0.0708. The van der Waals surface area contributed by atoms with E-state index in [0.29, 0.717) is 5.02 Å². The molecule has 1 atom stereocenters. The van der Waals surface area contributed by atoms with Crippen LogP contribution in [0.1, 0.15) is 6.92 Å². The number of hydrogen-bond donors (Lipinski definition) is 0. The molecule has 90 valence electrons. The highest BCUT2D eigenvalue weighted by Gasteiger charge is 2.28. The molecule has 0 N–H and O–H groups in total. The molecule has 0 aliphatic carbocycles. The van der Waals surface area contributed by atoms with E-state index < -0.39 is 14.7 Å². The molecule has 16 heavy (non-hydrogen) atoms. The topological polar surface area (TPSA) is 34.1 Å². The number of sulfone groups is 1. The third kappa shape index (κ3) is 3.81. The molecule has 1 aromatic rings. The van der Waals surface area contributed by atoms with Gasteiger partial charge in [-0.15, -0.1) is 23.2 Å². The van der Waals surface area contributed by atoms with Crippen LogP contribution in [-0.4, -0.2) is 24.9 Å². The molecule has 1 rings (SSSR count). The fraction of sp³-hybridized carbons (Fsp3) is 0.400. The number of alkyl halides is 2. The van der Waals surface area contributed by atoms with Gasteiger partial charge in [-0.2, -0.15) is 0 Å². The van der Waals surface area contributed by atoms with Crippen molar-refractivity contribution in [3.05, 3.63) is 29.3 Å². The van der Waals surface area contributed by atoms with Crippen molar-refractivity contribution in [2.75, 3.05) is 11.6 Å². The Morgan fingerprint density at radius 1 is 1.25 bits per heavy atom. The second-order valence-corrected chi connectivity index (χ2v) is 7.37. The fourth-order valence-corrected chi connectivity index (χ4v) is 3.54. The van der Waals surface area contributed by atoms with Gasteiger partial charge in [0, 0.05) is 10.9 Å². The Labute approximate surface area is 110 Å². The van der Waals surface area contributed by atoms with Crippen LogP contribution < -0.4 is 0 Å². The second-order valence-electron chi connectivity index (χ2n) is 3.76. The third-order valence-electron chi connectivity index (χ3n) is 1.94. The summed E-state index contributed by atoms with van der Waals surface area (Å²) in [7, 11) is -3.42. The van der Waals surface area contributed by atoms with E-state index in [-0.39, 0.29) is 16.5 Å². The molecule has 0 fully saturated rings. The van der Waals surface area contributed by atoms with Crippen molar-refractivity contribution in [2.45, 2.75) is 16.7 Å². The predicted octanol–water partition coefficient (Wildman–Crippen LogP) is 3.35. The van der Waals surface area contributed by atoms with Crippen LogP contribution in [0, 0.1) is 0 Å². The molecule has 0 radical (unpaired) electrons. The zero-order valence-corrected chi connectivity index (χ0v) is 11.7. The highest BCUT2D eigenvalue weighted by atomic mass is 35.5. The van der Waals surface area contributed by atoms with Gasteiger partial charge in [-0.25, -0.2) is 8.42 Å². The summed E-state index contributed by atoms with van der Waals surface area (Å²) in [6, 6.07) is 5.97. The van der Waals surface area contributed by atoms with E-state index in [1.54, 1.807) is 6.92 Å². The Morgan fingerprint density at radius 3 is 2.19 bits per heavy atom. The lowest BCUT2D eigenvalue weighted by Crippen LogP contribution is -2.29. The summed E-state index contributed by atoms with van der Waals surface area (Å²) >= 11 is 17.2. The smallest absolute Gasteiger partial charge is 0.180 e. The fourth-order valence-electron chi connectivity index (χ4n) is 1.16. The van der Waals surface area contributed by atoms with Crippen LogP contribution in [0.5, 0.6) is 0 Å². The van der Waals surface area contributed by atoms with Crippen molar-refractivity contribution >= 4 is 44.6 Å². The van der Waals surface area contributed by atoms with E-state index in [2.05, 4.69) is 0 Å². The summed E-state index contributed by atoms with van der Waals surface area (Å²) in [5.41, 5.74) is 0. The number of rotatable bonds is 4. The van der Waals surface area contributed by atoms with Gasteiger partial charge in [0.25, 0.3) is 0 Å². The Balaban J connectivity index is 2.99. The van der Waals surface area contributed by atoms with Crippen LogP contribution in [0.15, 0.2) is 29.2 Å². The van der Waals surface area contributed by atoms with E-state index in [4.69, 9.17) is 34.8 Å². The van der Waals surface area contributed by atoms with Gasteiger partial charge >= 0.3 is 0 Å². The number of hydrogen-bond acceptors (Lipinski definition) is 2. The average Bonchev–Trinajstić information content (AvgIpc) is 2.17. The first-order valence-corrected chi connectivity index (χ1v) is 7.44. The standard InChI is InChI=1S/C10H11Cl3O2S/c1-10(13,6-11)7-16(14,15)9-4-2-8(12)3-5-9/h2-5H,6-7H2,1H3/t10-/m0/s1. The Bertz CT molecular complexity index is 451. The Hall–Kier alpha value is 0.0400. The van der Waals surface area contributed by atoms with Crippen molar-refractivity contribution in [2.24, 2.45) is 0 Å². The first kappa shape index (κ1) is 14.1. The average molecular weight is 302 g/mol. The highest BCUT2D eigenvalue weighted by molar-refractivity contribution is 7.91. The molecule has 0 aliphatic rings. The van der Waals surface area contributed by atoms with Crippen LogP contribution in [0.25, 0.3) is 0 Å². The quantitative estimate of drug-likeness (QED) is 0.799. The van der Waals surface area contributed by atoms with Gasteiger partial charge in [-0.1, -0.05) is 11.6 Å². The number of benzene rings is 1. The molecule has 1 aromatic carbocycles. The lowest BCUT2D eigenvalue weighted by molar-refractivity contribution is 0.587. The minimum Gasteiger partial charge on any atom is -0.224 e. The first-order valence-electron chi connectivity index (χ1n) is 4.50. The summed E-state index contributed by atoms with van der Waals surface area (Å²) in [4.78, 5) is -0.756. The molecule has 6 heteroatoms. The minimum atomic E-state index is -3.42. The molecule has 0 aliphatic heterocycles. The van der Waals surface area contributed by atoms with Gasteiger partial charge in [-0.3, -0.25) is 0 Å². The van der Waals surface area contributed by atoms with Gasteiger partial charge in [-0.05, 0) is 31.2 Å². The lowest BCUT2D eigenvalue weighted by atomic mass is 10.2. The Morgan fingerprint density at radius 2 is 1.75 bits per heavy atom. The summed E-state index contributed by atoms with van der Waals surface area (Å²) in [6.07, 6.45) is 0. The maximum absolute atomic E-state index is 11.9. The van der Waals surface area contributed by atoms with Crippen LogP contribution >= 0.6 is 34.8 Å².